The van der Waals surface area contributed by atoms with E-state index in [4.69, 9.17) is 5.73 Å². The van der Waals surface area contributed by atoms with Crippen LogP contribution in [-0.2, 0) is 14.6 Å². The zero-order valence-corrected chi connectivity index (χ0v) is 11.9. The molecule has 0 radical (unpaired) electrons. The van der Waals surface area contributed by atoms with Crippen LogP contribution in [0.1, 0.15) is 25.7 Å². The molecule has 1 aliphatic heterocycles. The van der Waals surface area contributed by atoms with E-state index in [2.05, 4.69) is 0 Å². The molecule has 2 aliphatic carbocycles. The van der Waals surface area contributed by atoms with Crippen molar-refractivity contribution >= 4 is 15.7 Å². The molecule has 0 spiro atoms. The predicted octanol–water partition coefficient (Wildman–Crippen LogP) is 0.00690. The van der Waals surface area contributed by atoms with Gasteiger partial charge in [0.05, 0.1) is 17.4 Å². The highest BCUT2D eigenvalue weighted by molar-refractivity contribution is 7.91. The van der Waals surface area contributed by atoms with E-state index in [1.54, 1.807) is 0 Å². The summed E-state index contributed by atoms with van der Waals surface area (Å²) in [5, 5.41) is 0. The van der Waals surface area contributed by atoms with Crippen LogP contribution in [0, 0.1) is 17.8 Å². The zero-order valence-electron chi connectivity index (χ0n) is 11.1. The first-order valence-electron chi connectivity index (χ1n) is 7.19. The number of sulfone groups is 1. The number of nitrogens with zero attached hydrogens (tertiary/aromatic N) is 1. The molecule has 3 aliphatic rings. The van der Waals surface area contributed by atoms with Gasteiger partial charge in [0, 0.05) is 19.1 Å². The highest BCUT2D eigenvalue weighted by Gasteiger charge is 2.43. The standard InChI is InChI=1S/C13H22N2O3S/c14-12-8-19(17,18)7-11(12)13(16)15(5-9-1-2-9)6-10-3-4-10/h9-12H,1-8,14H2/t11-,12-/m1/s1. The van der Waals surface area contributed by atoms with Crippen molar-refractivity contribution in [1.82, 2.24) is 4.90 Å². The molecule has 0 bridgehead atoms. The summed E-state index contributed by atoms with van der Waals surface area (Å²) in [7, 11) is -3.12. The topological polar surface area (TPSA) is 80.5 Å². The molecule has 2 atom stereocenters. The van der Waals surface area contributed by atoms with E-state index >= 15 is 0 Å². The van der Waals surface area contributed by atoms with Gasteiger partial charge in [0.15, 0.2) is 9.84 Å². The van der Waals surface area contributed by atoms with Crippen LogP contribution in [0.2, 0.25) is 0 Å². The van der Waals surface area contributed by atoms with Crippen molar-refractivity contribution in [2.45, 2.75) is 31.7 Å². The molecule has 1 saturated heterocycles. The number of amides is 1. The second-order valence-electron chi connectivity index (χ2n) is 6.48. The fourth-order valence-electron chi connectivity index (χ4n) is 2.84. The number of carbonyl (C=O) groups excluding carboxylic acids is 1. The van der Waals surface area contributed by atoms with Crippen molar-refractivity contribution in [2.75, 3.05) is 24.6 Å². The van der Waals surface area contributed by atoms with E-state index in [-0.39, 0.29) is 17.4 Å². The van der Waals surface area contributed by atoms with Crippen LogP contribution in [0.3, 0.4) is 0 Å². The molecule has 0 unspecified atom stereocenters. The van der Waals surface area contributed by atoms with Crippen molar-refractivity contribution in [3.05, 3.63) is 0 Å². The third kappa shape index (κ3) is 3.28. The summed E-state index contributed by atoms with van der Waals surface area (Å²) < 4.78 is 23.2. The van der Waals surface area contributed by atoms with Crippen molar-refractivity contribution in [2.24, 2.45) is 23.5 Å². The van der Waals surface area contributed by atoms with Crippen molar-refractivity contribution in [1.29, 1.82) is 0 Å². The highest BCUT2D eigenvalue weighted by Crippen LogP contribution is 2.35. The normalized spacial score (nSPS) is 33.3. The molecule has 2 saturated carbocycles. The van der Waals surface area contributed by atoms with E-state index in [1.165, 1.54) is 25.7 Å². The van der Waals surface area contributed by atoms with Crippen LogP contribution in [-0.4, -0.2) is 49.9 Å². The molecule has 19 heavy (non-hydrogen) atoms. The van der Waals surface area contributed by atoms with Crippen molar-refractivity contribution in [3.63, 3.8) is 0 Å². The van der Waals surface area contributed by atoms with Gasteiger partial charge in [-0.2, -0.15) is 0 Å². The van der Waals surface area contributed by atoms with Crippen molar-refractivity contribution < 1.29 is 13.2 Å². The molecule has 1 amide bonds. The van der Waals surface area contributed by atoms with Crippen LogP contribution >= 0.6 is 0 Å². The minimum Gasteiger partial charge on any atom is -0.342 e. The average molecular weight is 286 g/mol. The van der Waals surface area contributed by atoms with Crippen LogP contribution in [0.15, 0.2) is 0 Å². The Bertz CT molecular complexity index is 454. The van der Waals surface area contributed by atoms with Crippen LogP contribution in [0.25, 0.3) is 0 Å². The van der Waals surface area contributed by atoms with E-state index in [0.29, 0.717) is 11.8 Å². The second-order valence-corrected chi connectivity index (χ2v) is 8.63. The van der Waals surface area contributed by atoms with Crippen LogP contribution < -0.4 is 5.73 Å². The van der Waals surface area contributed by atoms with Gasteiger partial charge < -0.3 is 10.6 Å². The van der Waals surface area contributed by atoms with E-state index in [9.17, 15) is 13.2 Å². The molecule has 0 aromatic carbocycles. The molecular weight excluding hydrogens is 264 g/mol. The van der Waals surface area contributed by atoms with Gasteiger partial charge in [0.2, 0.25) is 5.91 Å². The SMILES string of the molecule is N[C@@H]1CS(=O)(=O)C[C@H]1C(=O)N(CC1CC1)CC1CC1. The molecule has 6 heteroatoms. The summed E-state index contributed by atoms with van der Waals surface area (Å²) in [6.45, 7) is 1.61. The first kappa shape index (κ1) is 13.4. The van der Waals surface area contributed by atoms with Gasteiger partial charge in [-0.3, -0.25) is 4.79 Å². The van der Waals surface area contributed by atoms with Gasteiger partial charge in [0.25, 0.3) is 0 Å². The van der Waals surface area contributed by atoms with E-state index in [1.807, 2.05) is 4.90 Å². The predicted molar refractivity (Wildman–Crippen MR) is 72.1 cm³/mol. The minimum atomic E-state index is -3.12. The smallest absolute Gasteiger partial charge is 0.228 e. The summed E-state index contributed by atoms with van der Waals surface area (Å²) in [5.74, 6) is 0.645. The summed E-state index contributed by atoms with van der Waals surface area (Å²) in [5.41, 5.74) is 5.86. The van der Waals surface area contributed by atoms with Gasteiger partial charge in [-0.1, -0.05) is 0 Å². The number of hydrogen-bond acceptors (Lipinski definition) is 4. The fraction of sp³-hybridized carbons (Fsp3) is 0.923. The number of rotatable bonds is 5. The van der Waals surface area contributed by atoms with Gasteiger partial charge in [0.1, 0.15) is 0 Å². The molecule has 3 rings (SSSR count). The fourth-order valence-corrected chi connectivity index (χ4v) is 4.73. The molecule has 5 nitrogen and oxygen atoms in total. The number of hydrogen-bond donors (Lipinski definition) is 1. The molecule has 0 aromatic heterocycles. The maximum Gasteiger partial charge on any atom is 0.228 e. The summed E-state index contributed by atoms with van der Waals surface area (Å²) in [6.07, 6.45) is 4.79. The van der Waals surface area contributed by atoms with Crippen molar-refractivity contribution in [3.8, 4) is 0 Å². The Morgan fingerprint density at radius 1 is 1.05 bits per heavy atom. The summed E-state index contributed by atoms with van der Waals surface area (Å²) in [4.78, 5) is 14.5. The van der Waals surface area contributed by atoms with Gasteiger partial charge >= 0.3 is 0 Å². The number of carbonyl (C=O) groups is 1. The Balaban J connectivity index is 1.67. The summed E-state index contributed by atoms with van der Waals surface area (Å²) >= 11 is 0. The van der Waals surface area contributed by atoms with Crippen LogP contribution in [0.5, 0.6) is 0 Å². The molecule has 1 heterocycles. The average Bonchev–Trinajstić information content (AvgIpc) is 3.19. The monoisotopic (exact) mass is 286 g/mol. The summed E-state index contributed by atoms with van der Waals surface area (Å²) in [6, 6.07) is -0.515. The van der Waals surface area contributed by atoms with Gasteiger partial charge in [-0.15, -0.1) is 0 Å². The Morgan fingerprint density at radius 2 is 1.58 bits per heavy atom. The molecule has 0 aromatic rings. The maximum atomic E-state index is 12.6. The Morgan fingerprint density at radius 3 is 1.95 bits per heavy atom. The van der Waals surface area contributed by atoms with E-state index < -0.39 is 21.8 Å². The lowest BCUT2D eigenvalue weighted by Crippen LogP contribution is -2.45. The second kappa shape index (κ2) is 4.74. The number of nitrogens with two attached hydrogens (primary N) is 1. The lowest BCUT2D eigenvalue weighted by molar-refractivity contribution is -0.135. The Hall–Kier alpha value is -0.620. The lowest BCUT2D eigenvalue weighted by Gasteiger charge is -2.26. The molecule has 2 N–H and O–H groups in total. The van der Waals surface area contributed by atoms with Gasteiger partial charge in [-0.05, 0) is 37.5 Å². The Labute approximate surface area is 114 Å². The first-order chi connectivity index (χ1) is 8.94. The maximum absolute atomic E-state index is 12.6. The minimum absolute atomic E-state index is 0.0209. The largest absolute Gasteiger partial charge is 0.342 e. The quantitative estimate of drug-likeness (QED) is 0.772. The first-order valence-corrected chi connectivity index (χ1v) is 9.01. The Kier molecular flexibility index (Phi) is 3.33. The van der Waals surface area contributed by atoms with Crippen LogP contribution in [0.4, 0.5) is 0 Å². The lowest BCUT2D eigenvalue weighted by atomic mass is 10.0. The highest BCUT2D eigenvalue weighted by atomic mass is 32.2. The molecule has 3 fully saturated rings. The van der Waals surface area contributed by atoms with Gasteiger partial charge in [-0.25, -0.2) is 8.42 Å². The van der Waals surface area contributed by atoms with E-state index in [0.717, 1.165) is 13.1 Å². The molecule has 108 valence electrons. The third-order valence-electron chi connectivity index (χ3n) is 4.38. The molecular formula is C13H22N2O3S. The zero-order chi connectivity index (χ0) is 13.6. The third-order valence-corrected chi connectivity index (χ3v) is 6.14.